The highest BCUT2D eigenvalue weighted by Gasteiger charge is 2.13. The number of benzene rings is 2. The number of aliphatic hydroxyl groups excluding tert-OH is 1. The van der Waals surface area contributed by atoms with Crippen LogP contribution in [0.5, 0.6) is 5.75 Å². The van der Waals surface area contributed by atoms with Crippen molar-refractivity contribution in [2.24, 2.45) is 0 Å². The number of rotatable bonds is 2. The van der Waals surface area contributed by atoms with Gasteiger partial charge in [-0.2, -0.15) is 0 Å². The lowest BCUT2D eigenvalue weighted by atomic mass is 10.1. The molecule has 106 valence electrons. The molecule has 2 rings (SSSR count). The van der Waals surface area contributed by atoms with Gasteiger partial charge in [-0.25, -0.2) is 0 Å². The number of phenols is 1. The van der Waals surface area contributed by atoms with Gasteiger partial charge in [0.05, 0.1) is 11.3 Å². The smallest absolute Gasteiger partial charge is 0.259 e. The molecule has 0 unspecified atom stereocenters. The molecule has 21 heavy (non-hydrogen) atoms. The summed E-state index contributed by atoms with van der Waals surface area (Å²) in [6.45, 7) is 1.48. The number of anilines is 1. The fourth-order valence-electron chi connectivity index (χ4n) is 1.87. The Morgan fingerprint density at radius 1 is 1.19 bits per heavy atom. The van der Waals surface area contributed by atoms with Crippen molar-refractivity contribution in [3.8, 4) is 17.6 Å². The SMILES string of the molecule is Cc1cccc(C(=O)Nc2ccccc2C#CCO)c1O. The third-order valence-corrected chi connectivity index (χ3v) is 2.96. The molecule has 0 aliphatic rings. The third kappa shape index (κ3) is 3.41. The topological polar surface area (TPSA) is 69.6 Å². The number of carbonyl (C=O) groups excluding carboxylic acids is 1. The van der Waals surface area contributed by atoms with Crippen LogP contribution in [-0.4, -0.2) is 22.7 Å². The first-order valence-electron chi connectivity index (χ1n) is 6.42. The zero-order valence-corrected chi connectivity index (χ0v) is 11.6. The molecule has 3 N–H and O–H groups in total. The Bertz CT molecular complexity index is 726. The average Bonchev–Trinajstić information content (AvgIpc) is 2.49. The van der Waals surface area contributed by atoms with Crippen molar-refractivity contribution in [1.29, 1.82) is 0 Å². The van der Waals surface area contributed by atoms with Crippen molar-refractivity contribution in [3.05, 3.63) is 59.2 Å². The predicted octanol–water partition coefficient (Wildman–Crippen LogP) is 2.30. The van der Waals surface area contributed by atoms with Crippen LogP contribution in [0.2, 0.25) is 0 Å². The van der Waals surface area contributed by atoms with Gasteiger partial charge in [-0.15, -0.1) is 0 Å². The minimum Gasteiger partial charge on any atom is -0.507 e. The summed E-state index contributed by atoms with van der Waals surface area (Å²) in [6.07, 6.45) is 0. The van der Waals surface area contributed by atoms with E-state index in [4.69, 9.17) is 5.11 Å². The molecule has 4 heteroatoms. The highest BCUT2D eigenvalue weighted by Crippen LogP contribution is 2.23. The largest absolute Gasteiger partial charge is 0.507 e. The highest BCUT2D eigenvalue weighted by molar-refractivity contribution is 6.06. The Morgan fingerprint density at radius 2 is 1.95 bits per heavy atom. The minimum atomic E-state index is -0.408. The molecule has 0 bridgehead atoms. The first-order valence-corrected chi connectivity index (χ1v) is 6.42. The van der Waals surface area contributed by atoms with E-state index in [1.165, 1.54) is 0 Å². The van der Waals surface area contributed by atoms with Crippen LogP contribution in [0.4, 0.5) is 5.69 Å². The summed E-state index contributed by atoms with van der Waals surface area (Å²) >= 11 is 0. The average molecular weight is 281 g/mol. The van der Waals surface area contributed by atoms with Gasteiger partial charge >= 0.3 is 0 Å². The maximum atomic E-state index is 12.2. The van der Waals surface area contributed by atoms with Gasteiger partial charge in [-0.1, -0.05) is 36.1 Å². The number of aryl methyl sites for hydroxylation is 1. The number of carbonyl (C=O) groups is 1. The zero-order valence-electron chi connectivity index (χ0n) is 11.6. The second-order valence-corrected chi connectivity index (χ2v) is 4.43. The third-order valence-electron chi connectivity index (χ3n) is 2.96. The molecule has 0 aromatic heterocycles. The van der Waals surface area contributed by atoms with E-state index >= 15 is 0 Å². The van der Waals surface area contributed by atoms with Crippen LogP contribution in [0, 0.1) is 18.8 Å². The Balaban J connectivity index is 2.30. The van der Waals surface area contributed by atoms with Gasteiger partial charge in [0.25, 0.3) is 5.91 Å². The summed E-state index contributed by atoms with van der Waals surface area (Å²) in [4.78, 5) is 12.2. The van der Waals surface area contributed by atoms with E-state index in [1.807, 2.05) is 0 Å². The molecule has 2 aromatic rings. The number of phenolic OH excluding ortho intramolecular Hbond substituents is 1. The molecule has 0 atom stereocenters. The van der Waals surface area contributed by atoms with E-state index in [0.29, 0.717) is 16.8 Å². The van der Waals surface area contributed by atoms with Gasteiger partial charge in [0.2, 0.25) is 0 Å². The van der Waals surface area contributed by atoms with E-state index < -0.39 is 5.91 Å². The van der Waals surface area contributed by atoms with E-state index in [0.717, 1.165) is 0 Å². The van der Waals surface area contributed by atoms with Gasteiger partial charge in [0, 0.05) is 5.56 Å². The maximum absolute atomic E-state index is 12.2. The van der Waals surface area contributed by atoms with Gasteiger partial charge in [-0.05, 0) is 30.7 Å². The standard InChI is InChI=1S/C17H15NO3/c1-12-6-4-9-14(16(12)20)17(21)18-15-10-3-2-7-13(15)8-5-11-19/h2-4,6-7,9-10,19-20H,11H2,1H3,(H,18,21). The lowest BCUT2D eigenvalue weighted by Gasteiger charge is -2.09. The first kappa shape index (κ1) is 14.6. The molecule has 0 spiro atoms. The van der Waals surface area contributed by atoms with Crippen LogP contribution < -0.4 is 5.32 Å². The quantitative estimate of drug-likeness (QED) is 0.740. The fourth-order valence-corrected chi connectivity index (χ4v) is 1.87. The number of para-hydroxylation sites is 2. The first-order chi connectivity index (χ1) is 10.1. The second kappa shape index (κ2) is 6.60. The van der Waals surface area contributed by atoms with Crippen molar-refractivity contribution in [2.45, 2.75) is 6.92 Å². The number of hydrogen-bond acceptors (Lipinski definition) is 3. The Labute approximate surface area is 123 Å². The second-order valence-electron chi connectivity index (χ2n) is 4.43. The maximum Gasteiger partial charge on any atom is 0.259 e. The molecule has 0 fully saturated rings. The normalized spacial score (nSPS) is 9.62. The summed E-state index contributed by atoms with van der Waals surface area (Å²) in [6, 6.07) is 12.0. The van der Waals surface area contributed by atoms with Crippen LogP contribution in [0.15, 0.2) is 42.5 Å². The highest BCUT2D eigenvalue weighted by atomic mass is 16.3. The van der Waals surface area contributed by atoms with Gasteiger partial charge in [0.15, 0.2) is 0 Å². The van der Waals surface area contributed by atoms with Crippen LogP contribution in [-0.2, 0) is 0 Å². The molecule has 0 saturated carbocycles. The van der Waals surface area contributed by atoms with Crippen molar-refractivity contribution in [2.75, 3.05) is 11.9 Å². The number of nitrogens with one attached hydrogen (secondary N) is 1. The Hall–Kier alpha value is -2.77. The van der Waals surface area contributed by atoms with Crippen molar-refractivity contribution in [1.82, 2.24) is 0 Å². The Morgan fingerprint density at radius 3 is 2.71 bits per heavy atom. The van der Waals surface area contributed by atoms with Gasteiger partial charge < -0.3 is 15.5 Å². The zero-order chi connectivity index (χ0) is 15.2. The predicted molar refractivity (Wildman–Crippen MR) is 81.2 cm³/mol. The summed E-state index contributed by atoms with van der Waals surface area (Å²) in [7, 11) is 0. The lowest BCUT2D eigenvalue weighted by molar-refractivity contribution is 0.102. The lowest BCUT2D eigenvalue weighted by Crippen LogP contribution is -2.13. The summed E-state index contributed by atoms with van der Waals surface area (Å²) in [5, 5.41) is 21.4. The van der Waals surface area contributed by atoms with Crippen molar-refractivity contribution in [3.63, 3.8) is 0 Å². The Kier molecular flexibility index (Phi) is 4.60. The van der Waals surface area contributed by atoms with Crippen LogP contribution in [0.1, 0.15) is 21.5 Å². The van der Waals surface area contributed by atoms with Crippen molar-refractivity contribution >= 4 is 11.6 Å². The number of aliphatic hydroxyl groups is 1. The van der Waals surface area contributed by atoms with E-state index in [9.17, 15) is 9.90 Å². The van der Waals surface area contributed by atoms with Gasteiger partial charge in [0.1, 0.15) is 12.4 Å². The molecule has 1 amide bonds. The minimum absolute atomic E-state index is 0.0334. The van der Waals surface area contributed by atoms with Crippen LogP contribution in [0.3, 0.4) is 0 Å². The monoisotopic (exact) mass is 281 g/mol. The molecular formula is C17H15NO3. The summed E-state index contributed by atoms with van der Waals surface area (Å²) in [5.41, 5.74) is 1.98. The molecule has 4 nitrogen and oxygen atoms in total. The molecule has 2 aromatic carbocycles. The molecule has 0 aliphatic carbocycles. The van der Waals surface area contributed by atoms with Crippen LogP contribution >= 0.6 is 0 Å². The summed E-state index contributed by atoms with van der Waals surface area (Å²) in [5.74, 6) is 4.87. The number of amides is 1. The van der Waals surface area contributed by atoms with E-state index in [2.05, 4.69) is 17.2 Å². The van der Waals surface area contributed by atoms with Crippen molar-refractivity contribution < 1.29 is 15.0 Å². The van der Waals surface area contributed by atoms with Gasteiger partial charge in [-0.3, -0.25) is 4.79 Å². The fraction of sp³-hybridized carbons (Fsp3) is 0.118. The molecule has 0 saturated heterocycles. The molecular weight excluding hydrogens is 266 g/mol. The van der Waals surface area contributed by atoms with Crippen LogP contribution in [0.25, 0.3) is 0 Å². The number of hydrogen-bond donors (Lipinski definition) is 3. The van der Waals surface area contributed by atoms with E-state index in [1.54, 1.807) is 49.4 Å². The van der Waals surface area contributed by atoms with E-state index in [-0.39, 0.29) is 17.9 Å². The molecule has 0 heterocycles. The molecule has 0 radical (unpaired) electrons. The summed E-state index contributed by atoms with van der Waals surface area (Å²) < 4.78 is 0. The number of aromatic hydroxyl groups is 1. The molecule has 0 aliphatic heterocycles.